The standard InChI is InChI=1S/C71H47N5O8/c1-46(54-5-3-2-4-6-54)35-47-15-29-63(30-16-47)76(64-31-17-52(18-32-64)40-66(55-21-7-48(8-22-55)36-59(42-72)68(77)78)56-23-9-49(10-24-56)37-60(43-73)69(79)80)65-33-19-53(20-34-65)41-67(57-25-11-50(12-26-57)38-61(44-74)70(81)82)58-27-13-51(14-28-58)39-62(45-75)71(83)84/h2-41H,1H3,(H,77,78)(H,79,80)(H,81,82)(H,83,84)/b46-35+,59-36+,60-37+,61-38+,62-39+. The molecule has 13 heteroatoms. The molecule has 84 heavy (non-hydrogen) atoms. The Morgan fingerprint density at radius 3 is 0.774 bits per heavy atom. The van der Waals surface area contributed by atoms with Gasteiger partial charge < -0.3 is 25.3 Å². The second-order valence-corrected chi connectivity index (χ2v) is 18.8. The van der Waals surface area contributed by atoms with Crippen molar-refractivity contribution in [2.24, 2.45) is 0 Å². The highest BCUT2D eigenvalue weighted by atomic mass is 16.4. The molecule has 0 unspecified atom stereocenters. The summed E-state index contributed by atoms with van der Waals surface area (Å²) < 4.78 is 0. The summed E-state index contributed by atoms with van der Waals surface area (Å²) in [5, 5.41) is 75.4. The maximum absolute atomic E-state index is 11.6. The van der Waals surface area contributed by atoms with Crippen molar-refractivity contribution in [3.63, 3.8) is 0 Å². The van der Waals surface area contributed by atoms with Crippen LogP contribution >= 0.6 is 0 Å². The summed E-state index contributed by atoms with van der Waals surface area (Å²) in [4.78, 5) is 48.5. The van der Waals surface area contributed by atoms with Gasteiger partial charge in [-0.05, 0) is 163 Å². The monoisotopic (exact) mass is 1100 g/mol. The van der Waals surface area contributed by atoms with Crippen LogP contribution in [0.2, 0.25) is 0 Å². The van der Waals surface area contributed by atoms with Crippen molar-refractivity contribution < 1.29 is 39.6 Å². The van der Waals surface area contributed by atoms with Crippen molar-refractivity contribution in [1.82, 2.24) is 0 Å². The van der Waals surface area contributed by atoms with Gasteiger partial charge in [-0.1, -0.05) is 170 Å². The molecule has 0 saturated carbocycles. The molecular formula is C71H47N5O8. The van der Waals surface area contributed by atoms with Crippen LogP contribution in [0.3, 0.4) is 0 Å². The van der Waals surface area contributed by atoms with Gasteiger partial charge in [0.15, 0.2) is 0 Å². The van der Waals surface area contributed by atoms with Gasteiger partial charge in [-0.2, -0.15) is 21.0 Å². The molecule has 0 aliphatic carbocycles. The Labute approximate surface area is 484 Å². The third-order valence-electron chi connectivity index (χ3n) is 13.2. The Kier molecular flexibility index (Phi) is 18.5. The van der Waals surface area contributed by atoms with Crippen molar-refractivity contribution in [2.45, 2.75) is 6.92 Å². The third-order valence-corrected chi connectivity index (χ3v) is 13.2. The zero-order valence-electron chi connectivity index (χ0n) is 44.8. The molecule has 8 rings (SSSR count). The van der Waals surface area contributed by atoms with Crippen molar-refractivity contribution >= 4 is 100 Å². The van der Waals surface area contributed by atoms with Crippen LogP contribution in [0.1, 0.15) is 73.7 Å². The summed E-state index contributed by atoms with van der Waals surface area (Å²) in [5.41, 5.74) is 12.2. The fraction of sp³-hybridized carbons (Fsp3) is 0.0141. The van der Waals surface area contributed by atoms with Crippen LogP contribution in [0.4, 0.5) is 17.1 Å². The predicted molar refractivity (Wildman–Crippen MR) is 326 cm³/mol. The molecule has 0 aromatic heterocycles. The van der Waals surface area contributed by atoms with E-state index in [9.17, 15) is 60.7 Å². The van der Waals surface area contributed by atoms with E-state index in [-0.39, 0.29) is 0 Å². The van der Waals surface area contributed by atoms with Gasteiger partial charge in [-0.15, -0.1) is 0 Å². The largest absolute Gasteiger partial charge is 0.477 e. The fourth-order valence-corrected chi connectivity index (χ4v) is 8.91. The van der Waals surface area contributed by atoms with Crippen molar-refractivity contribution in [3.05, 3.63) is 289 Å². The van der Waals surface area contributed by atoms with Crippen molar-refractivity contribution in [3.8, 4) is 24.3 Å². The normalized spacial score (nSPS) is 11.6. The quantitative estimate of drug-likeness (QED) is 0.0335. The summed E-state index contributed by atoms with van der Waals surface area (Å²) in [7, 11) is 0. The molecule has 0 atom stereocenters. The van der Waals surface area contributed by atoms with E-state index < -0.39 is 46.2 Å². The van der Waals surface area contributed by atoms with E-state index in [1.54, 1.807) is 72.8 Å². The van der Waals surface area contributed by atoms with E-state index in [1.165, 1.54) is 24.3 Å². The average Bonchev–Trinajstić information content (AvgIpc) is 3.29. The minimum Gasteiger partial charge on any atom is -0.477 e. The number of hydrogen-bond donors (Lipinski definition) is 4. The lowest BCUT2D eigenvalue weighted by Crippen LogP contribution is -2.09. The first kappa shape index (κ1) is 57.7. The van der Waals surface area contributed by atoms with Gasteiger partial charge >= 0.3 is 23.9 Å². The summed E-state index contributed by atoms with van der Waals surface area (Å²) in [5.74, 6) is -5.38. The summed E-state index contributed by atoms with van der Waals surface area (Å²) in [6.07, 6.45) is 11.2. The molecule has 0 saturated heterocycles. The minimum absolute atomic E-state index is 0.417. The van der Waals surface area contributed by atoms with E-state index in [1.807, 2.05) is 127 Å². The number of rotatable bonds is 19. The second kappa shape index (κ2) is 27.0. The number of hydrogen-bond acceptors (Lipinski definition) is 9. The lowest BCUT2D eigenvalue weighted by atomic mass is 9.93. The Bertz CT molecular complexity index is 3820. The number of anilines is 3. The SMILES string of the molecule is C/C(=C\c1ccc(N(c2ccc(C=C(c3ccc(/C=C(\C#N)C(=O)O)cc3)c3ccc(/C=C(\C#N)C(=O)O)cc3)cc2)c2ccc(C=C(c3ccc(/C=C(\C#N)C(=O)O)cc3)c3ccc(/C=C(\C#N)C(=O)O)cc3)cc2)cc1)c1ccccc1. The molecule has 0 amide bonds. The highest BCUT2D eigenvalue weighted by Crippen LogP contribution is 2.37. The molecule has 8 aromatic carbocycles. The molecule has 0 fully saturated rings. The predicted octanol–water partition coefficient (Wildman–Crippen LogP) is 14.9. The summed E-state index contributed by atoms with van der Waals surface area (Å²) in [6, 6.07) is 69.2. The lowest BCUT2D eigenvalue weighted by molar-refractivity contribution is -0.133. The number of carboxylic acids is 4. The molecule has 404 valence electrons. The molecule has 13 nitrogen and oxygen atoms in total. The molecule has 0 heterocycles. The topological polar surface area (TPSA) is 248 Å². The van der Waals surface area contributed by atoms with Gasteiger partial charge in [0.2, 0.25) is 0 Å². The molecular weight excluding hydrogens is 1050 g/mol. The summed E-state index contributed by atoms with van der Waals surface area (Å²) >= 11 is 0. The number of aliphatic carboxylic acids is 4. The first-order chi connectivity index (χ1) is 40.6. The van der Waals surface area contributed by atoms with Gasteiger partial charge in [-0.3, -0.25) is 0 Å². The molecule has 0 spiro atoms. The number of carbonyl (C=O) groups is 4. The van der Waals surface area contributed by atoms with Crippen LogP contribution in [-0.4, -0.2) is 44.3 Å². The van der Waals surface area contributed by atoms with Crippen LogP contribution in [0.25, 0.3) is 59.3 Å². The van der Waals surface area contributed by atoms with Gasteiger partial charge in [0.1, 0.15) is 46.6 Å². The van der Waals surface area contributed by atoms with E-state index in [2.05, 4.69) is 54.3 Å². The average molecular weight is 1100 g/mol. The molecule has 0 bridgehead atoms. The Morgan fingerprint density at radius 2 is 0.536 bits per heavy atom. The fourth-order valence-electron chi connectivity index (χ4n) is 8.91. The van der Waals surface area contributed by atoms with Gasteiger partial charge in [0, 0.05) is 17.1 Å². The molecule has 8 aromatic rings. The molecule has 0 aliphatic rings. The first-order valence-electron chi connectivity index (χ1n) is 25.7. The van der Waals surface area contributed by atoms with Crippen LogP contribution in [-0.2, 0) is 19.2 Å². The summed E-state index contributed by atoms with van der Waals surface area (Å²) in [6.45, 7) is 2.07. The highest BCUT2D eigenvalue weighted by Gasteiger charge is 2.16. The molecule has 0 aliphatic heterocycles. The third kappa shape index (κ3) is 14.6. The zero-order valence-corrected chi connectivity index (χ0v) is 44.8. The van der Waals surface area contributed by atoms with Crippen LogP contribution < -0.4 is 4.90 Å². The van der Waals surface area contributed by atoms with Crippen LogP contribution in [0.15, 0.2) is 222 Å². The Hall–Kier alpha value is -12.4. The van der Waals surface area contributed by atoms with Crippen LogP contribution in [0.5, 0.6) is 0 Å². The smallest absolute Gasteiger partial charge is 0.346 e. The van der Waals surface area contributed by atoms with E-state index in [0.717, 1.165) is 78.3 Å². The maximum Gasteiger partial charge on any atom is 0.346 e. The Morgan fingerprint density at radius 1 is 0.310 bits per heavy atom. The number of nitriles is 4. The van der Waals surface area contributed by atoms with Crippen molar-refractivity contribution in [1.29, 1.82) is 21.0 Å². The highest BCUT2D eigenvalue weighted by molar-refractivity contribution is 6.00. The zero-order chi connectivity index (χ0) is 59.7. The van der Waals surface area contributed by atoms with Gasteiger partial charge in [0.25, 0.3) is 0 Å². The number of allylic oxidation sites excluding steroid dienone is 1. The number of nitrogens with zero attached hydrogens (tertiary/aromatic N) is 5. The van der Waals surface area contributed by atoms with E-state index in [0.29, 0.717) is 22.3 Å². The minimum atomic E-state index is -1.34. The first-order valence-corrected chi connectivity index (χ1v) is 25.7. The molecule has 4 N–H and O–H groups in total. The van der Waals surface area contributed by atoms with Crippen molar-refractivity contribution in [2.75, 3.05) is 4.90 Å². The van der Waals surface area contributed by atoms with E-state index >= 15 is 0 Å². The number of benzene rings is 8. The lowest BCUT2D eigenvalue weighted by Gasteiger charge is -2.26. The van der Waals surface area contributed by atoms with Gasteiger partial charge in [0.05, 0.1) is 0 Å². The Balaban J connectivity index is 1.21. The van der Waals surface area contributed by atoms with E-state index in [4.69, 9.17) is 0 Å². The van der Waals surface area contributed by atoms with Crippen LogP contribution in [0, 0.1) is 45.3 Å². The molecule has 0 radical (unpaired) electrons. The number of carboxylic acid groups (broad SMARTS) is 4. The maximum atomic E-state index is 11.6. The van der Waals surface area contributed by atoms with Gasteiger partial charge in [-0.25, -0.2) is 19.2 Å². The second-order valence-electron chi connectivity index (χ2n) is 18.8.